The minimum atomic E-state index is -3.90. The molecule has 2 aromatic rings. The first-order valence-corrected chi connectivity index (χ1v) is 9.64. The van der Waals surface area contributed by atoms with Crippen LogP contribution in [0.4, 0.5) is 0 Å². The van der Waals surface area contributed by atoms with E-state index >= 15 is 0 Å². The van der Waals surface area contributed by atoms with Crippen molar-refractivity contribution in [2.24, 2.45) is 7.05 Å². The molecule has 3 rings (SSSR count). The summed E-state index contributed by atoms with van der Waals surface area (Å²) >= 11 is 6.09. The van der Waals surface area contributed by atoms with Crippen molar-refractivity contribution < 1.29 is 18.0 Å². The van der Waals surface area contributed by atoms with Crippen molar-refractivity contribution in [3.8, 4) is 0 Å². The molecule has 25 heavy (non-hydrogen) atoms. The van der Waals surface area contributed by atoms with Crippen molar-refractivity contribution in [3.63, 3.8) is 0 Å². The van der Waals surface area contributed by atoms with Crippen LogP contribution in [0, 0.1) is 6.92 Å². The summed E-state index contributed by atoms with van der Waals surface area (Å²) in [4.78, 5) is 4.15. The molecule has 0 saturated carbocycles. The fourth-order valence-corrected chi connectivity index (χ4v) is 5.03. The highest BCUT2D eigenvalue weighted by Crippen LogP contribution is 2.36. The molecular formula is C14H20ClN5O4S. The minimum Gasteiger partial charge on any atom is -0.379 e. The van der Waals surface area contributed by atoms with E-state index in [1.165, 1.54) is 8.99 Å². The maximum absolute atomic E-state index is 12.9. The Balaban J connectivity index is 1.91. The number of nitrogens with zero attached hydrogens (tertiary/aromatic N) is 5. The van der Waals surface area contributed by atoms with Gasteiger partial charge in [0.15, 0.2) is 11.4 Å². The highest BCUT2D eigenvalue weighted by Gasteiger charge is 2.48. The van der Waals surface area contributed by atoms with Crippen LogP contribution in [0.2, 0.25) is 5.15 Å². The highest BCUT2D eigenvalue weighted by atomic mass is 35.5. The summed E-state index contributed by atoms with van der Waals surface area (Å²) in [6, 6.07) is 0. The van der Waals surface area contributed by atoms with Crippen LogP contribution in [0.15, 0.2) is 9.42 Å². The van der Waals surface area contributed by atoms with Crippen LogP contribution in [-0.2, 0) is 22.7 Å². The second-order valence-electron chi connectivity index (χ2n) is 6.56. The molecule has 3 heterocycles. The van der Waals surface area contributed by atoms with Crippen LogP contribution >= 0.6 is 11.6 Å². The molecule has 1 saturated heterocycles. The van der Waals surface area contributed by atoms with Crippen molar-refractivity contribution in [1.82, 2.24) is 24.2 Å². The summed E-state index contributed by atoms with van der Waals surface area (Å²) in [5.41, 5.74) is -1.21. The van der Waals surface area contributed by atoms with Crippen LogP contribution < -0.4 is 0 Å². The molecule has 0 aliphatic carbocycles. The topological polar surface area (TPSA) is 114 Å². The number of aromatic nitrogens is 4. The average Bonchev–Trinajstić information content (AvgIpc) is 3.19. The van der Waals surface area contributed by atoms with E-state index in [9.17, 15) is 13.5 Å². The van der Waals surface area contributed by atoms with Gasteiger partial charge in [-0.25, -0.2) is 8.42 Å². The first kappa shape index (κ1) is 18.3. The molecule has 2 aromatic heterocycles. The van der Waals surface area contributed by atoms with Crippen molar-refractivity contribution in [2.75, 3.05) is 13.1 Å². The van der Waals surface area contributed by atoms with Gasteiger partial charge in [-0.2, -0.15) is 14.4 Å². The minimum absolute atomic E-state index is 0.0305. The van der Waals surface area contributed by atoms with Crippen molar-refractivity contribution >= 4 is 21.6 Å². The van der Waals surface area contributed by atoms with Crippen LogP contribution in [0.5, 0.6) is 0 Å². The molecule has 9 nitrogen and oxygen atoms in total. The van der Waals surface area contributed by atoms with Gasteiger partial charge in [0.2, 0.25) is 10.0 Å². The zero-order chi connectivity index (χ0) is 18.6. The fraction of sp³-hybridized carbons (Fsp3) is 0.643. The average molecular weight is 390 g/mol. The normalized spacial score (nSPS) is 22.2. The Morgan fingerprint density at radius 2 is 2.08 bits per heavy atom. The molecule has 0 unspecified atom stereocenters. The second kappa shape index (κ2) is 6.04. The largest absolute Gasteiger partial charge is 0.379 e. The van der Waals surface area contributed by atoms with Gasteiger partial charge in [0.05, 0.1) is 12.2 Å². The molecule has 0 bridgehead atoms. The maximum atomic E-state index is 12.9. The molecular weight excluding hydrogens is 370 g/mol. The van der Waals surface area contributed by atoms with E-state index in [1.54, 1.807) is 14.0 Å². The Labute approximate surface area is 150 Å². The van der Waals surface area contributed by atoms with Crippen LogP contribution in [-0.4, -0.2) is 50.8 Å². The van der Waals surface area contributed by atoms with Crippen LogP contribution in [0.1, 0.15) is 43.6 Å². The molecule has 1 aliphatic rings. The Bertz CT molecular complexity index is 906. The molecule has 11 heteroatoms. The highest BCUT2D eigenvalue weighted by molar-refractivity contribution is 7.89. The van der Waals surface area contributed by atoms with Gasteiger partial charge in [-0.3, -0.25) is 4.68 Å². The first-order chi connectivity index (χ1) is 11.6. The molecule has 0 spiro atoms. The summed E-state index contributed by atoms with van der Waals surface area (Å²) in [7, 11) is -2.33. The zero-order valence-corrected chi connectivity index (χ0v) is 16.0. The first-order valence-electron chi connectivity index (χ1n) is 7.82. The Morgan fingerprint density at radius 1 is 1.40 bits per heavy atom. The van der Waals surface area contributed by atoms with Gasteiger partial charge in [-0.05, 0) is 6.92 Å². The molecule has 1 N–H and O–H groups in total. The van der Waals surface area contributed by atoms with Gasteiger partial charge in [0.25, 0.3) is 5.89 Å². The van der Waals surface area contributed by atoms with E-state index in [2.05, 4.69) is 15.2 Å². The number of hydrogen-bond donors (Lipinski definition) is 1. The predicted octanol–water partition coefficient (Wildman–Crippen LogP) is 1.17. The zero-order valence-electron chi connectivity index (χ0n) is 14.4. The van der Waals surface area contributed by atoms with E-state index in [-0.39, 0.29) is 41.4 Å². The van der Waals surface area contributed by atoms with Crippen LogP contribution in [0.25, 0.3) is 0 Å². The molecule has 1 fully saturated rings. The summed E-state index contributed by atoms with van der Waals surface area (Å²) < 4.78 is 33.5. The SMILES string of the molecule is Cc1nn(C)c(Cl)c1S(=O)(=O)N1CC[C@@](O)(c2nc(C(C)C)no2)C1. The van der Waals surface area contributed by atoms with Crippen LogP contribution in [0.3, 0.4) is 0 Å². The monoisotopic (exact) mass is 389 g/mol. The molecule has 1 aliphatic heterocycles. The molecule has 1 atom stereocenters. The van der Waals surface area contributed by atoms with Crippen molar-refractivity contribution in [1.29, 1.82) is 0 Å². The number of rotatable bonds is 4. The van der Waals surface area contributed by atoms with Gasteiger partial charge in [-0.15, -0.1) is 0 Å². The number of hydrogen-bond acceptors (Lipinski definition) is 7. The Hall–Kier alpha value is -1.49. The lowest BCUT2D eigenvalue weighted by Gasteiger charge is -2.19. The third-order valence-corrected chi connectivity index (χ3v) is 6.81. The standard InChI is InChI=1S/C14H20ClN5O4S/c1-8(2)12-16-13(24-18-12)14(21)5-6-20(7-14)25(22,23)10-9(3)17-19(4)11(10)15/h8,21H,5-7H2,1-4H3/t14-/m0/s1. The van der Waals surface area contributed by atoms with Gasteiger partial charge >= 0.3 is 0 Å². The quantitative estimate of drug-likeness (QED) is 0.834. The number of aryl methyl sites for hydroxylation is 2. The van der Waals surface area contributed by atoms with E-state index < -0.39 is 15.6 Å². The Kier molecular flexibility index (Phi) is 4.43. The summed E-state index contributed by atoms with van der Waals surface area (Å²) in [6.45, 7) is 5.31. The lowest BCUT2D eigenvalue weighted by atomic mass is 10.0. The second-order valence-corrected chi connectivity index (χ2v) is 8.79. The lowest BCUT2D eigenvalue weighted by Crippen LogP contribution is -2.35. The van der Waals surface area contributed by atoms with E-state index in [4.69, 9.17) is 16.1 Å². The molecule has 0 aromatic carbocycles. The lowest BCUT2D eigenvalue weighted by molar-refractivity contribution is 0.0194. The number of halogens is 1. The summed E-state index contributed by atoms with van der Waals surface area (Å²) in [6.07, 6.45) is 0.156. The van der Waals surface area contributed by atoms with E-state index in [0.29, 0.717) is 11.5 Å². The maximum Gasteiger partial charge on any atom is 0.260 e. The molecule has 0 amide bonds. The van der Waals surface area contributed by atoms with Gasteiger partial charge in [0, 0.05) is 25.9 Å². The van der Waals surface area contributed by atoms with E-state index in [0.717, 1.165) is 0 Å². The number of aliphatic hydroxyl groups is 1. The fourth-order valence-electron chi connectivity index (χ4n) is 2.83. The van der Waals surface area contributed by atoms with Crippen molar-refractivity contribution in [3.05, 3.63) is 22.6 Å². The van der Waals surface area contributed by atoms with Gasteiger partial charge in [0.1, 0.15) is 10.0 Å². The summed E-state index contributed by atoms with van der Waals surface area (Å²) in [5.74, 6) is 0.540. The van der Waals surface area contributed by atoms with E-state index in [1.807, 2.05) is 13.8 Å². The number of sulfonamides is 1. The molecule has 138 valence electrons. The van der Waals surface area contributed by atoms with Gasteiger partial charge in [-0.1, -0.05) is 30.6 Å². The predicted molar refractivity (Wildman–Crippen MR) is 88.6 cm³/mol. The smallest absolute Gasteiger partial charge is 0.260 e. The summed E-state index contributed by atoms with van der Waals surface area (Å²) in [5, 5.41) is 18.7. The third-order valence-electron chi connectivity index (χ3n) is 4.27. The Morgan fingerprint density at radius 3 is 2.60 bits per heavy atom. The van der Waals surface area contributed by atoms with Crippen molar-refractivity contribution in [2.45, 2.75) is 43.6 Å². The number of β-amino-alcohol motifs (C(OH)–C–C–N with tert-alkyl or cyclic N) is 1. The molecule has 0 radical (unpaired) electrons. The van der Waals surface area contributed by atoms with Gasteiger partial charge < -0.3 is 9.63 Å². The third kappa shape index (κ3) is 2.97.